The summed E-state index contributed by atoms with van der Waals surface area (Å²) in [4.78, 5) is 11.0. The van der Waals surface area contributed by atoms with Gasteiger partial charge in [0.25, 0.3) is 0 Å². The van der Waals surface area contributed by atoms with E-state index in [-0.39, 0.29) is 5.56 Å². The Morgan fingerprint density at radius 3 is 2.48 bits per heavy atom. The van der Waals surface area contributed by atoms with Crippen molar-refractivity contribution >= 4 is 21.9 Å². The zero-order valence-electron chi connectivity index (χ0n) is 11.5. The van der Waals surface area contributed by atoms with Crippen LogP contribution in [0.5, 0.6) is 5.75 Å². The zero-order valence-corrected chi connectivity index (χ0v) is 13.1. The fraction of sp³-hybridized carbons (Fsp3) is 0.188. The third-order valence-electron chi connectivity index (χ3n) is 2.92. The van der Waals surface area contributed by atoms with E-state index in [9.17, 15) is 4.79 Å². The molecule has 0 amide bonds. The Labute approximate surface area is 131 Å². The van der Waals surface area contributed by atoms with Gasteiger partial charge in [-0.05, 0) is 35.4 Å². The van der Waals surface area contributed by atoms with E-state index in [0.717, 1.165) is 15.6 Å². The van der Waals surface area contributed by atoms with Crippen LogP contribution in [0.4, 0.5) is 0 Å². The van der Waals surface area contributed by atoms with Crippen LogP contribution in [-0.4, -0.2) is 18.2 Å². The third kappa shape index (κ3) is 4.31. The van der Waals surface area contributed by atoms with Gasteiger partial charge in [0.1, 0.15) is 11.3 Å². The predicted molar refractivity (Wildman–Crippen MR) is 82.6 cm³/mol. The highest BCUT2D eigenvalue weighted by Crippen LogP contribution is 2.21. The molecule has 1 N–H and O–H groups in total. The molecule has 4 nitrogen and oxygen atoms in total. The predicted octanol–water partition coefficient (Wildman–Crippen LogP) is 3.87. The summed E-state index contributed by atoms with van der Waals surface area (Å²) < 4.78 is 11.7. The Bertz CT molecular complexity index is 640. The average Bonchev–Trinajstić information content (AvgIpc) is 2.47. The number of hydrogen-bond donors (Lipinski definition) is 1. The number of carbonyl (C=O) groups is 1. The van der Waals surface area contributed by atoms with E-state index in [1.54, 1.807) is 12.1 Å². The number of carboxylic acid groups (broad SMARTS) is 1. The van der Waals surface area contributed by atoms with Gasteiger partial charge in [0.15, 0.2) is 0 Å². The molecule has 0 aromatic heterocycles. The van der Waals surface area contributed by atoms with Crippen molar-refractivity contribution in [3.05, 3.63) is 63.6 Å². The number of aromatic carboxylic acids is 1. The number of carboxylic acids is 1. The minimum atomic E-state index is -1.01. The Balaban J connectivity index is 1.99. The SMILES string of the molecule is COc1cc(COCc2cccc(Br)c2)ccc1C(=O)O. The van der Waals surface area contributed by atoms with Crippen LogP contribution in [0.1, 0.15) is 21.5 Å². The number of halogens is 1. The number of benzene rings is 2. The largest absolute Gasteiger partial charge is 0.496 e. The molecule has 0 saturated carbocycles. The topological polar surface area (TPSA) is 55.8 Å². The number of methoxy groups -OCH3 is 1. The first kappa shape index (κ1) is 15.5. The summed E-state index contributed by atoms with van der Waals surface area (Å²) in [6.45, 7) is 0.880. The van der Waals surface area contributed by atoms with Crippen LogP contribution in [0.25, 0.3) is 0 Å². The molecular formula is C16H15BrO4. The minimum Gasteiger partial charge on any atom is -0.496 e. The van der Waals surface area contributed by atoms with E-state index in [1.807, 2.05) is 24.3 Å². The first-order valence-corrected chi connectivity index (χ1v) is 7.12. The fourth-order valence-electron chi connectivity index (χ4n) is 1.92. The lowest BCUT2D eigenvalue weighted by Crippen LogP contribution is -2.02. The molecule has 110 valence electrons. The summed E-state index contributed by atoms with van der Waals surface area (Å²) >= 11 is 3.41. The molecule has 0 bridgehead atoms. The van der Waals surface area contributed by atoms with Crippen molar-refractivity contribution in [2.75, 3.05) is 7.11 Å². The van der Waals surface area contributed by atoms with Gasteiger partial charge in [0.2, 0.25) is 0 Å². The Hall–Kier alpha value is -1.85. The monoisotopic (exact) mass is 350 g/mol. The van der Waals surface area contributed by atoms with Gasteiger partial charge in [-0.2, -0.15) is 0 Å². The van der Waals surface area contributed by atoms with Gasteiger partial charge >= 0.3 is 5.97 Å². The normalized spacial score (nSPS) is 10.4. The molecule has 5 heteroatoms. The van der Waals surface area contributed by atoms with Gasteiger partial charge < -0.3 is 14.6 Å². The van der Waals surface area contributed by atoms with E-state index in [2.05, 4.69) is 15.9 Å². The third-order valence-corrected chi connectivity index (χ3v) is 3.42. The van der Waals surface area contributed by atoms with Crippen LogP contribution in [-0.2, 0) is 18.0 Å². The van der Waals surface area contributed by atoms with Crippen LogP contribution in [0.3, 0.4) is 0 Å². The molecule has 2 aromatic carbocycles. The molecule has 0 aliphatic heterocycles. The number of hydrogen-bond acceptors (Lipinski definition) is 3. The summed E-state index contributed by atoms with van der Waals surface area (Å²) in [6.07, 6.45) is 0. The lowest BCUT2D eigenvalue weighted by Gasteiger charge is -2.09. The second-order valence-corrected chi connectivity index (χ2v) is 5.38. The molecule has 21 heavy (non-hydrogen) atoms. The summed E-state index contributed by atoms with van der Waals surface area (Å²) in [5.74, 6) is -0.667. The number of ether oxygens (including phenoxy) is 2. The van der Waals surface area contributed by atoms with E-state index in [4.69, 9.17) is 14.6 Å². The second kappa shape index (κ2) is 7.24. The Morgan fingerprint density at radius 2 is 1.86 bits per heavy atom. The van der Waals surface area contributed by atoms with Crippen LogP contribution in [0, 0.1) is 0 Å². The maximum Gasteiger partial charge on any atom is 0.339 e. The smallest absolute Gasteiger partial charge is 0.339 e. The van der Waals surface area contributed by atoms with Crippen LogP contribution < -0.4 is 4.74 Å². The first-order valence-electron chi connectivity index (χ1n) is 6.32. The molecule has 0 fully saturated rings. The lowest BCUT2D eigenvalue weighted by molar-refractivity contribution is 0.0693. The maximum atomic E-state index is 11.0. The van der Waals surface area contributed by atoms with Gasteiger partial charge in [-0.25, -0.2) is 4.79 Å². The molecule has 0 aliphatic carbocycles. The molecule has 2 aromatic rings. The quantitative estimate of drug-likeness (QED) is 0.858. The second-order valence-electron chi connectivity index (χ2n) is 4.46. The van der Waals surface area contributed by atoms with Crippen LogP contribution in [0.15, 0.2) is 46.9 Å². The highest BCUT2D eigenvalue weighted by Gasteiger charge is 2.11. The molecule has 0 aliphatic rings. The van der Waals surface area contributed by atoms with E-state index in [1.165, 1.54) is 13.2 Å². The minimum absolute atomic E-state index is 0.147. The lowest BCUT2D eigenvalue weighted by atomic mass is 10.1. The Morgan fingerprint density at radius 1 is 1.14 bits per heavy atom. The standard InChI is InChI=1S/C16H15BrO4/c1-20-15-8-12(5-6-14(15)16(18)19)10-21-9-11-3-2-4-13(17)7-11/h2-8H,9-10H2,1H3,(H,18,19). The molecular weight excluding hydrogens is 336 g/mol. The van der Waals surface area contributed by atoms with Crippen molar-refractivity contribution in [2.24, 2.45) is 0 Å². The van der Waals surface area contributed by atoms with Gasteiger partial charge in [0, 0.05) is 4.47 Å². The highest BCUT2D eigenvalue weighted by molar-refractivity contribution is 9.10. The highest BCUT2D eigenvalue weighted by atomic mass is 79.9. The molecule has 0 unspecified atom stereocenters. The van der Waals surface area contributed by atoms with Crippen LogP contribution >= 0.6 is 15.9 Å². The number of rotatable bonds is 6. The van der Waals surface area contributed by atoms with Crippen molar-refractivity contribution in [1.82, 2.24) is 0 Å². The van der Waals surface area contributed by atoms with Gasteiger partial charge in [-0.15, -0.1) is 0 Å². The fourth-order valence-corrected chi connectivity index (χ4v) is 2.36. The molecule has 2 rings (SSSR count). The van der Waals surface area contributed by atoms with Crippen molar-refractivity contribution in [2.45, 2.75) is 13.2 Å². The molecule has 0 saturated heterocycles. The van der Waals surface area contributed by atoms with Crippen LogP contribution in [0.2, 0.25) is 0 Å². The van der Waals surface area contributed by atoms with Gasteiger partial charge in [-0.1, -0.05) is 34.1 Å². The average molecular weight is 351 g/mol. The van der Waals surface area contributed by atoms with Crippen molar-refractivity contribution < 1.29 is 19.4 Å². The van der Waals surface area contributed by atoms with Gasteiger partial charge in [0.05, 0.1) is 20.3 Å². The van der Waals surface area contributed by atoms with Crippen molar-refractivity contribution in [3.8, 4) is 5.75 Å². The van der Waals surface area contributed by atoms with Crippen molar-refractivity contribution in [3.63, 3.8) is 0 Å². The summed E-state index contributed by atoms with van der Waals surface area (Å²) in [6, 6.07) is 12.8. The summed E-state index contributed by atoms with van der Waals surface area (Å²) in [5, 5.41) is 9.02. The molecule has 0 spiro atoms. The zero-order chi connectivity index (χ0) is 15.2. The van der Waals surface area contributed by atoms with E-state index >= 15 is 0 Å². The summed E-state index contributed by atoms with van der Waals surface area (Å²) in [5.41, 5.74) is 2.08. The summed E-state index contributed by atoms with van der Waals surface area (Å²) in [7, 11) is 1.45. The Kier molecular flexibility index (Phi) is 5.36. The van der Waals surface area contributed by atoms with E-state index in [0.29, 0.717) is 19.0 Å². The maximum absolute atomic E-state index is 11.0. The van der Waals surface area contributed by atoms with E-state index < -0.39 is 5.97 Å². The first-order chi connectivity index (χ1) is 10.1. The van der Waals surface area contributed by atoms with Gasteiger partial charge in [-0.3, -0.25) is 0 Å². The molecule has 0 atom stereocenters. The molecule has 0 heterocycles. The van der Waals surface area contributed by atoms with Crippen molar-refractivity contribution in [1.29, 1.82) is 0 Å². The molecule has 0 radical (unpaired) electrons.